The molecule has 1 aliphatic rings. The molecule has 148 valence electrons. The summed E-state index contributed by atoms with van der Waals surface area (Å²) in [7, 11) is 0. The molecule has 1 fully saturated rings. The smallest absolute Gasteiger partial charge is 0.270 e. The third kappa shape index (κ3) is 5.43. The van der Waals surface area contributed by atoms with E-state index in [1.165, 1.54) is 24.3 Å². The molecule has 1 aliphatic heterocycles. The van der Waals surface area contributed by atoms with Gasteiger partial charge in [0, 0.05) is 67.9 Å². The molecule has 0 N–H and O–H groups in total. The summed E-state index contributed by atoms with van der Waals surface area (Å²) in [4.78, 5) is 27.4. The standard InChI is InChI=1S/C20H21BrFN3O3/c21-19-5-4-17(25(27)28)13-18(19)20(26)6-7-23-8-10-24(11-9-23)14-15-2-1-3-16(22)12-15/h1-5,12-13H,6-11,14H2. The summed E-state index contributed by atoms with van der Waals surface area (Å²) >= 11 is 3.30. The van der Waals surface area contributed by atoms with E-state index in [4.69, 9.17) is 0 Å². The first-order valence-corrected chi connectivity index (χ1v) is 9.88. The molecule has 0 aromatic heterocycles. The Hall–Kier alpha value is -2.16. The van der Waals surface area contributed by atoms with E-state index in [9.17, 15) is 19.3 Å². The lowest BCUT2D eigenvalue weighted by Gasteiger charge is -2.34. The highest BCUT2D eigenvalue weighted by Gasteiger charge is 2.20. The fourth-order valence-corrected chi connectivity index (χ4v) is 3.77. The van der Waals surface area contributed by atoms with Gasteiger partial charge in [0.25, 0.3) is 5.69 Å². The van der Waals surface area contributed by atoms with Gasteiger partial charge in [-0.05, 0) is 23.8 Å². The van der Waals surface area contributed by atoms with Crippen molar-refractivity contribution in [1.82, 2.24) is 9.80 Å². The number of nitro benzene ring substituents is 1. The Morgan fingerprint density at radius 2 is 1.82 bits per heavy atom. The van der Waals surface area contributed by atoms with Gasteiger partial charge in [-0.2, -0.15) is 0 Å². The summed E-state index contributed by atoms with van der Waals surface area (Å²) in [6.07, 6.45) is 0.309. The van der Waals surface area contributed by atoms with Crippen LogP contribution in [0.25, 0.3) is 0 Å². The van der Waals surface area contributed by atoms with Gasteiger partial charge >= 0.3 is 0 Å². The van der Waals surface area contributed by atoms with Crippen molar-refractivity contribution in [2.24, 2.45) is 0 Å². The quantitative estimate of drug-likeness (QED) is 0.364. The fraction of sp³-hybridized carbons (Fsp3) is 0.350. The first-order valence-electron chi connectivity index (χ1n) is 9.08. The lowest BCUT2D eigenvalue weighted by atomic mass is 10.1. The Kier molecular flexibility index (Phi) is 6.88. The zero-order chi connectivity index (χ0) is 20.1. The van der Waals surface area contributed by atoms with Crippen LogP contribution < -0.4 is 0 Å². The van der Waals surface area contributed by atoms with E-state index in [-0.39, 0.29) is 17.3 Å². The Balaban J connectivity index is 1.48. The van der Waals surface area contributed by atoms with E-state index in [1.54, 1.807) is 12.1 Å². The van der Waals surface area contributed by atoms with Gasteiger partial charge in [-0.25, -0.2) is 4.39 Å². The van der Waals surface area contributed by atoms with Gasteiger partial charge in [-0.1, -0.05) is 28.1 Å². The van der Waals surface area contributed by atoms with Crippen molar-refractivity contribution in [1.29, 1.82) is 0 Å². The minimum absolute atomic E-state index is 0.0856. The van der Waals surface area contributed by atoms with Crippen molar-refractivity contribution in [2.45, 2.75) is 13.0 Å². The monoisotopic (exact) mass is 449 g/mol. The van der Waals surface area contributed by atoms with Crippen LogP contribution in [0.5, 0.6) is 0 Å². The Morgan fingerprint density at radius 3 is 2.50 bits per heavy atom. The van der Waals surface area contributed by atoms with Gasteiger partial charge in [0.1, 0.15) is 5.82 Å². The minimum Gasteiger partial charge on any atom is -0.300 e. The summed E-state index contributed by atoms with van der Waals surface area (Å²) in [6.45, 7) is 4.70. The number of piperazine rings is 1. The molecule has 0 amide bonds. The third-order valence-corrected chi connectivity index (χ3v) is 5.57. The maximum absolute atomic E-state index is 13.3. The Labute approximate surface area is 171 Å². The van der Waals surface area contributed by atoms with E-state index < -0.39 is 4.92 Å². The summed E-state index contributed by atoms with van der Waals surface area (Å²) in [5.41, 5.74) is 1.22. The first-order chi connectivity index (χ1) is 13.4. The van der Waals surface area contributed by atoms with Gasteiger partial charge in [0.2, 0.25) is 0 Å². The van der Waals surface area contributed by atoms with Crippen molar-refractivity contribution in [3.63, 3.8) is 0 Å². The van der Waals surface area contributed by atoms with Crippen molar-refractivity contribution < 1.29 is 14.1 Å². The highest BCUT2D eigenvalue weighted by molar-refractivity contribution is 9.10. The number of carbonyl (C=O) groups excluding carboxylic acids is 1. The average molecular weight is 450 g/mol. The lowest BCUT2D eigenvalue weighted by molar-refractivity contribution is -0.384. The van der Waals surface area contributed by atoms with Gasteiger partial charge in [-0.3, -0.25) is 19.8 Å². The van der Waals surface area contributed by atoms with Gasteiger partial charge in [0.15, 0.2) is 5.78 Å². The van der Waals surface area contributed by atoms with Gasteiger partial charge in [0.05, 0.1) is 4.92 Å². The number of hydrogen-bond acceptors (Lipinski definition) is 5. The molecule has 2 aromatic rings. The van der Waals surface area contributed by atoms with Crippen molar-refractivity contribution in [2.75, 3.05) is 32.7 Å². The molecule has 8 heteroatoms. The molecule has 0 atom stereocenters. The molecule has 0 aliphatic carbocycles. The maximum atomic E-state index is 13.3. The second kappa shape index (κ2) is 9.36. The zero-order valence-corrected chi connectivity index (χ0v) is 16.9. The maximum Gasteiger partial charge on any atom is 0.270 e. The van der Waals surface area contributed by atoms with E-state index >= 15 is 0 Å². The topological polar surface area (TPSA) is 66.7 Å². The number of hydrogen-bond donors (Lipinski definition) is 0. The molecule has 28 heavy (non-hydrogen) atoms. The number of nitrogens with zero attached hydrogens (tertiary/aromatic N) is 3. The number of Topliss-reactive ketones (excluding diaryl/α,β-unsaturated/α-hetero) is 1. The number of non-ortho nitro benzene ring substituents is 1. The second-order valence-corrected chi connectivity index (χ2v) is 7.70. The summed E-state index contributed by atoms with van der Waals surface area (Å²) in [5.74, 6) is -0.334. The van der Waals surface area contributed by atoms with Crippen LogP contribution in [0.3, 0.4) is 0 Å². The highest BCUT2D eigenvalue weighted by Crippen LogP contribution is 2.24. The molecule has 2 aromatic carbocycles. The molecule has 0 spiro atoms. The molecule has 6 nitrogen and oxygen atoms in total. The number of nitro groups is 1. The van der Waals surface area contributed by atoms with Crippen LogP contribution in [0.2, 0.25) is 0 Å². The van der Waals surface area contributed by atoms with Crippen molar-refractivity contribution >= 4 is 27.4 Å². The van der Waals surface area contributed by atoms with Gasteiger partial charge in [-0.15, -0.1) is 0 Å². The van der Waals surface area contributed by atoms with Crippen LogP contribution in [0.4, 0.5) is 10.1 Å². The number of halogens is 2. The number of rotatable bonds is 7. The first kappa shape index (κ1) is 20.6. The highest BCUT2D eigenvalue weighted by atomic mass is 79.9. The van der Waals surface area contributed by atoms with Crippen LogP contribution in [-0.4, -0.2) is 53.2 Å². The minimum atomic E-state index is -0.499. The molecular formula is C20H21BrFN3O3. The van der Waals surface area contributed by atoms with E-state index in [2.05, 4.69) is 25.7 Å². The molecular weight excluding hydrogens is 429 g/mol. The van der Waals surface area contributed by atoms with E-state index in [1.807, 2.05) is 6.07 Å². The number of carbonyl (C=O) groups is 1. The molecule has 1 heterocycles. The molecule has 3 rings (SSSR count). The summed E-state index contributed by atoms with van der Waals surface area (Å²) in [5, 5.41) is 10.9. The van der Waals surface area contributed by atoms with Crippen LogP contribution in [0.15, 0.2) is 46.9 Å². The third-order valence-electron chi connectivity index (χ3n) is 4.88. The average Bonchev–Trinajstić information content (AvgIpc) is 2.67. The van der Waals surface area contributed by atoms with Crippen LogP contribution >= 0.6 is 15.9 Å². The predicted molar refractivity (Wildman–Crippen MR) is 108 cm³/mol. The number of ketones is 1. The van der Waals surface area contributed by atoms with E-state index in [0.29, 0.717) is 29.5 Å². The zero-order valence-electron chi connectivity index (χ0n) is 15.3. The van der Waals surface area contributed by atoms with Gasteiger partial charge < -0.3 is 4.90 Å². The van der Waals surface area contributed by atoms with Crippen LogP contribution in [0, 0.1) is 15.9 Å². The SMILES string of the molecule is O=C(CCN1CCN(Cc2cccc(F)c2)CC1)c1cc([N+](=O)[O-])ccc1Br. The van der Waals surface area contributed by atoms with Crippen LogP contribution in [0.1, 0.15) is 22.3 Å². The van der Waals surface area contributed by atoms with E-state index in [0.717, 1.165) is 31.7 Å². The second-order valence-electron chi connectivity index (χ2n) is 6.84. The van der Waals surface area contributed by atoms with Crippen molar-refractivity contribution in [3.05, 3.63) is 74.0 Å². The molecule has 1 saturated heterocycles. The molecule has 0 bridgehead atoms. The summed E-state index contributed by atoms with van der Waals surface area (Å²) < 4.78 is 13.9. The lowest BCUT2D eigenvalue weighted by Crippen LogP contribution is -2.46. The Morgan fingerprint density at radius 1 is 1.11 bits per heavy atom. The number of benzene rings is 2. The largest absolute Gasteiger partial charge is 0.300 e. The molecule has 0 unspecified atom stereocenters. The molecule has 0 saturated carbocycles. The summed E-state index contributed by atoms with van der Waals surface area (Å²) in [6, 6.07) is 10.9. The van der Waals surface area contributed by atoms with Crippen molar-refractivity contribution in [3.8, 4) is 0 Å². The molecule has 0 radical (unpaired) electrons. The predicted octanol–water partition coefficient (Wildman–Crippen LogP) is 3.89. The fourth-order valence-electron chi connectivity index (χ4n) is 3.30. The Bertz CT molecular complexity index is 870. The normalized spacial score (nSPS) is 15.5. The van der Waals surface area contributed by atoms with Crippen LogP contribution in [-0.2, 0) is 6.54 Å².